The molecule has 4 nitrogen and oxygen atoms in total. The Morgan fingerprint density at radius 1 is 1.23 bits per heavy atom. The second kappa shape index (κ2) is 8.30. The van der Waals surface area contributed by atoms with Gasteiger partial charge in [-0.3, -0.25) is 9.78 Å². The largest absolute Gasteiger partial charge is 0.493 e. The highest BCUT2D eigenvalue weighted by Crippen LogP contribution is 2.28. The topological polar surface area (TPSA) is 42.4 Å². The molecular weight excluding hydrogens is 331 g/mol. The van der Waals surface area contributed by atoms with Crippen molar-refractivity contribution in [3.63, 3.8) is 0 Å². The number of hydrogen-bond acceptors (Lipinski definition) is 3. The molecule has 0 spiro atoms. The number of rotatable bonds is 5. The number of nitrogens with zero attached hydrogens (tertiary/aromatic N) is 2. The Hall–Kier alpha value is -2.43. The summed E-state index contributed by atoms with van der Waals surface area (Å²) < 4.78 is 19.8. The highest BCUT2D eigenvalue weighted by molar-refractivity contribution is 6.00. The van der Waals surface area contributed by atoms with E-state index >= 15 is 0 Å². The number of carbonyl (C=O) groups excluding carboxylic acids is 1. The fraction of sp³-hybridized carbons (Fsp3) is 0.429. The quantitative estimate of drug-likeness (QED) is 0.789. The van der Waals surface area contributed by atoms with E-state index in [-0.39, 0.29) is 5.91 Å². The molecule has 0 atom stereocenters. The number of pyridine rings is 1. The minimum absolute atomic E-state index is 0.0401. The van der Waals surface area contributed by atoms with Crippen molar-refractivity contribution >= 4 is 5.91 Å². The Labute approximate surface area is 154 Å². The number of ether oxygens (including phenoxy) is 1. The van der Waals surface area contributed by atoms with E-state index in [1.54, 1.807) is 24.4 Å². The van der Waals surface area contributed by atoms with Crippen molar-refractivity contribution in [3.05, 3.63) is 47.9 Å². The molecule has 0 aliphatic carbocycles. The third-order valence-corrected chi connectivity index (χ3v) is 4.41. The lowest BCUT2D eigenvalue weighted by molar-refractivity contribution is 0.0724. The van der Waals surface area contributed by atoms with Crippen LogP contribution in [0.1, 0.15) is 43.5 Å². The van der Waals surface area contributed by atoms with Crippen LogP contribution in [-0.2, 0) is 0 Å². The average Bonchev–Trinajstić information content (AvgIpc) is 2.66. The van der Waals surface area contributed by atoms with E-state index in [1.165, 1.54) is 12.1 Å². The van der Waals surface area contributed by atoms with Gasteiger partial charge in [-0.1, -0.05) is 13.8 Å². The Kier molecular flexibility index (Phi) is 5.86. The first-order valence-electron chi connectivity index (χ1n) is 9.22. The van der Waals surface area contributed by atoms with Crippen LogP contribution in [-0.4, -0.2) is 35.5 Å². The molecule has 0 bridgehead atoms. The van der Waals surface area contributed by atoms with Gasteiger partial charge in [0.2, 0.25) is 0 Å². The zero-order valence-corrected chi connectivity index (χ0v) is 15.4. The van der Waals surface area contributed by atoms with Gasteiger partial charge < -0.3 is 9.64 Å². The SMILES string of the molecule is CC(C)COc1cc(F)cc(-c2ncccc2C(=O)N2CCCCC2)c1. The summed E-state index contributed by atoms with van der Waals surface area (Å²) in [5, 5.41) is 0. The molecule has 1 aromatic carbocycles. The van der Waals surface area contributed by atoms with Crippen LogP contribution in [0.4, 0.5) is 4.39 Å². The fourth-order valence-corrected chi connectivity index (χ4v) is 3.12. The molecule has 138 valence electrons. The van der Waals surface area contributed by atoms with Crippen LogP contribution >= 0.6 is 0 Å². The van der Waals surface area contributed by atoms with Gasteiger partial charge in [-0.25, -0.2) is 4.39 Å². The predicted octanol–water partition coefficient (Wildman–Crippen LogP) is 4.55. The standard InChI is InChI=1S/C21H25FN2O2/c1-15(2)14-26-18-12-16(11-17(22)13-18)20-19(7-6-8-23-20)21(25)24-9-4-3-5-10-24/h6-8,11-13,15H,3-5,9-10,14H2,1-2H3. The molecule has 2 heterocycles. The summed E-state index contributed by atoms with van der Waals surface area (Å²) in [6, 6.07) is 8.02. The molecule has 0 saturated carbocycles. The number of piperidine rings is 1. The Bertz CT molecular complexity index is 770. The molecule has 0 unspecified atom stereocenters. The van der Waals surface area contributed by atoms with Crippen molar-refractivity contribution in [2.24, 2.45) is 5.92 Å². The molecule has 5 heteroatoms. The Balaban J connectivity index is 1.93. The van der Waals surface area contributed by atoms with E-state index in [9.17, 15) is 9.18 Å². The molecule has 3 rings (SSSR count). The van der Waals surface area contributed by atoms with Gasteiger partial charge in [0.05, 0.1) is 17.9 Å². The van der Waals surface area contributed by atoms with Crippen LogP contribution in [0.25, 0.3) is 11.3 Å². The van der Waals surface area contributed by atoms with E-state index in [0.29, 0.717) is 35.1 Å². The van der Waals surface area contributed by atoms with Gasteiger partial charge in [0.25, 0.3) is 5.91 Å². The molecule has 0 N–H and O–H groups in total. The molecule has 1 fully saturated rings. The van der Waals surface area contributed by atoms with Crippen LogP contribution in [0, 0.1) is 11.7 Å². The van der Waals surface area contributed by atoms with Gasteiger partial charge in [-0.2, -0.15) is 0 Å². The zero-order chi connectivity index (χ0) is 18.5. The average molecular weight is 356 g/mol. The van der Waals surface area contributed by atoms with Crippen molar-refractivity contribution in [2.75, 3.05) is 19.7 Å². The molecular formula is C21H25FN2O2. The van der Waals surface area contributed by atoms with Crippen LogP contribution < -0.4 is 4.74 Å². The van der Waals surface area contributed by atoms with Crippen molar-refractivity contribution in [1.29, 1.82) is 0 Å². The van der Waals surface area contributed by atoms with E-state index in [0.717, 1.165) is 32.4 Å². The van der Waals surface area contributed by atoms with Crippen molar-refractivity contribution in [3.8, 4) is 17.0 Å². The van der Waals surface area contributed by atoms with Crippen LogP contribution in [0.3, 0.4) is 0 Å². The molecule has 0 radical (unpaired) electrons. The number of likely N-dealkylation sites (tertiary alicyclic amines) is 1. The maximum absolute atomic E-state index is 14.1. The summed E-state index contributed by atoms with van der Waals surface area (Å²) in [5.41, 5.74) is 1.57. The number of hydrogen-bond donors (Lipinski definition) is 0. The minimum Gasteiger partial charge on any atom is -0.493 e. The lowest BCUT2D eigenvalue weighted by Gasteiger charge is -2.27. The Morgan fingerprint density at radius 3 is 2.73 bits per heavy atom. The van der Waals surface area contributed by atoms with Crippen molar-refractivity contribution in [1.82, 2.24) is 9.88 Å². The van der Waals surface area contributed by atoms with Crippen LogP contribution in [0.5, 0.6) is 5.75 Å². The van der Waals surface area contributed by atoms with Crippen molar-refractivity contribution < 1.29 is 13.9 Å². The van der Waals surface area contributed by atoms with E-state index < -0.39 is 5.82 Å². The highest BCUT2D eigenvalue weighted by Gasteiger charge is 2.22. The zero-order valence-electron chi connectivity index (χ0n) is 15.4. The molecule has 1 aliphatic rings. The molecule has 1 aromatic heterocycles. The molecule has 1 saturated heterocycles. The van der Waals surface area contributed by atoms with E-state index in [2.05, 4.69) is 4.98 Å². The lowest BCUT2D eigenvalue weighted by Crippen LogP contribution is -2.35. The number of benzene rings is 1. The first kappa shape index (κ1) is 18.4. The maximum Gasteiger partial charge on any atom is 0.256 e. The summed E-state index contributed by atoms with van der Waals surface area (Å²) in [4.78, 5) is 19.2. The highest BCUT2D eigenvalue weighted by atomic mass is 19.1. The summed E-state index contributed by atoms with van der Waals surface area (Å²) in [7, 11) is 0. The molecule has 1 amide bonds. The monoisotopic (exact) mass is 356 g/mol. The molecule has 2 aromatic rings. The Morgan fingerprint density at radius 2 is 2.00 bits per heavy atom. The number of carbonyl (C=O) groups is 1. The third-order valence-electron chi connectivity index (χ3n) is 4.41. The van der Waals surface area contributed by atoms with E-state index in [4.69, 9.17) is 4.74 Å². The normalized spacial score (nSPS) is 14.5. The third kappa shape index (κ3) is 4.40. The number of halogens is 1. The molecule has 26 heavy (non-hydrogen) atoms. The summed E-state index contributed by atoms with van der Waals surface area (Å²) >= 11 is 0. The van der Waals surface area contributed by atoms with Gasteiger partial charge in [-0.05, 0) is 49.4 Å². The summed E-state index contributed by atoms with van der Waals surface area (Å²) in [5.74, 6) is 0.355. The maximum atomic E-state index is 14.1. The van der Waals surface area contributed by atoms with Gasteiger partial charge in [-0.15, -0.1) is 0 Å². The number of amides is 1. The first-order valence-corrected chi connectivity index (χ1v) is 9.22. The second-order valence-electron chi connectivity index (χ2n) is 7.13. The van der Waals surface area contributed by atoms with Gasteiger partial charge in [0.1, 0.15) is 11.6 Å². The summed E-state index contributed by atoms with van der Waals surface area (Å²) in [6.07, 6.45) is 4.83. The smallest absolute Gasteiger partial charge is 0.256 e. The van der Waals surface area contributed by atoms with Crippen LogP contribution in [0.15, 0.2) is 36.5 Å². The lowest BCUT2D eigenvalue weighted by atomic mass is 10.0. The van der Waals surface area contributed by atoms with Gasteiger partial charge in [0, 0.05) is 30.9 Å². The molecule has 1 aliphatic heterocycles. The van der Waals surface area contributed by atoms with Gasteiger partial charge >= 0.3 is 0 Å². The van der Waals surface area contributed by atoms with Crippen molar-refractivity contribution in [2.45, 2.75) is 33.1 Å². The second-order valence-corrected chi connectivity index (χ2v) is 7.13. The number of aromatic nitrogens is 1. The van der Waals surface area contributed by atoms with Gasteiger partial charge in [0.15, 0.2) is 0 Å². The first-order chi connectivity index (χ1) is 12.5. The minimum atomic E-state index is -0.400. The van der Waals surface area contributed by atoms with E-state index in [1.807, 2.05) is 18.7 Å². The fourth-order valence-electron chi connectivity index (χ4n) is 3.12. The summed E-state index contributed by atoms with van der Waals surface area (Å²) in [6.45, 7) is 6.10. The van der Waals surface area contributed by atoms with Crippen LogP contribution in [0.2, 0.25) is 0 Å². The predicted molar refractivity (Wildman–Crippen MR) is 99.7 cm³/mol.